The molecule has 0 radical (unpaired) electrons. The number of likely N-dealkylation sites (N-methyl/N-ethyl adjacent to an activating group) is 2. The molecule has 60 valence electrons. The topological polar surface area (TPSA) is 20.6 Å². The molecule has 11 heavy (non-hydrogen) atoms. The third-order valence-corrected chi connectivity index (χ3v) is 1.97. The first-order valence-corrected chi connectivity index (χ1v) is 3.66. The molecular weight excluding hydrogens is 138 g/mol. The Morgan fingerprint density at radius 3 is 3.18 bits per heavy atom. The van der Waals surface area contributed by atoms with E-state index in [0.29, 0.717) is 0 Å². The van der Waals surface area contributed by atoms with Crippen LogP contribution in [0.1, 0.15) is 0 Å². The molecule has 3 nitrogen and oxygen atoms in total. The standard InChI is InChI=1S/C8H11N3/c1-10-4-3-8-7(6-10)5-9-11(8)2/h3-5H,6H2,1-2H3/q-2. The Morgan fingerprint density at radius 2 is 2.36 bits per heavy atom. The lowest BCUT2D eigenvalue weighted by Crippen LogP contribution is -2.25. The molecule has 0 aromatic rings. The van der Waals surface area contributed by atoms with Crippen molar-refractivity contribution in [1.29, 1.82) is 0 Å². The van der Waals surface area contributed by atoms with Gasteiger partial charge in [-0.15, -0.1) is 17.7 Å². The second kappa shape index (κ2) is 2.20. The molecule has 0 saturated heterocycles. The van der Waals surface area contributed by atoms with Gasteiger partial charge in [-0.3, -0.25) is 6.20 Å². The number of rotatable bonds is 0. The summed E-state index contributed by atoms with van der Waals surface area (Å²) in [5.41, 5.74) is 5.47. The van der Waals surface area contributed by atoms with Gasteiger partial charge in [0, 0.05) is 6.54 Å². The van der Waals surface area contributed by atoms with E-state index in [1.807, 2.05) is 18.3 Å². The van der Waals surface area contributed by atoms with Crippen molar-refractivity contribution in [2.24, 2.45) is 0 Å². The Hall–Kier alpha value is -1.09. The highest BCUT2D eigenvalue weighted by Gasteiger charge is 2.09. The van der Waals surface area contributed by atoms with Gasteiger partial charge in [0.1, 0.15) is 0 Å². The predicted octanol–water partition coefficient (Wildman–Crippen LogP) is 1.10. The van der Waals surface area contributed by atoms with E-state index in [-0.39, 0.29) is 0 Å². The fourth-order valence-electron chi connectivity index (χ4n) is 1.35. The van der Waals surface area contributed by atoms with Crippen LogP contribution in [0.5, 0.6) is 0 Å². The maximum Gasteiger partial charge on any atom is 0.00809 e. The third kappa shape index (κ3) is 0.973. The maximum atomic E-state index is 4.17. The maximum absolute atomic E-state index is 4.17. The minimum atomic E-state index is 0.972. The van der Waals surface area contributed by atoms with Crippen molar-refractivity contribution in [1.82, 2.24) is 9.91 Å². The molecule has 2 aliphatic heterocycles. The van der Waals surface area contributed by atoms with E-state index in [9.17, 15) is 0 Å². The Balaban J connectivity index is 2.22. The summed E-state index contributed by atoms with van der Waals surface area (Å²) in [4.78, 5) is 2.14. The van der Waals surface area contributed by atoms with Gasteiger partial charge in [0.05, 0.1) is 0 Å². The first-order valence-electron chi connectivity index (χ1n) is 3.66. The van der Waals surface area contributed by atoms with Crippen molar-refractivity contribution in [2.45, 2.75) is 0 Å². The SMILES string of the molecule is CN1C=C[C-]2C(=C[N-]N2C)C1. The Morgan fingerprint density at radius 1 is 1.55 bits per heavy atom. The van der Waals surface area contributed by atoms with Gasteiger partial charge >= 0.3 is 0 Å². The molecule has 0 bridgehead atoms. The lowest BCUT2D eigenvalue weighted by molar-refractivity contribution is 0.440. The average molecular weight is 149 g/mol. The molecule has 0 aliphatic carbocycles. The molecule has 0 N–H and O–H groups in total. The summed E-state index contributed by atoms with van der Waals surface area (Å²) in [6, 6.07) is 1.23. The molecule has 0 amide bonds. The quantitative estimate of drug-likeness (QED) is 0.481. The summed E-state index contributed by atoms with van der Waals surface area (Å²) in [6.07, 6.45) is 6.09. The molecule has 0 aromatic heterocycles. The summed E-state index contributed by atoms with van der Waals surface area (Å²) >= 11 is 0. The molecule has 0 atom stereocenters. The monoisotopic (exact) mass is 149 g/mol. The first-order chi connectivity index (χ1) is 5.27. The van der Waals surface area contributed by atoms with Gasteiger partial charge in [-0.05, 0) is 14.1 Å². The molecule has 2 rings (SSSR count). The summed E-state index contributed by atoms with van der Waals surface area (Å²) < 4.78 is 0. The summed E-state index contributed by atoms with van der Waals surface area (Å²) in [5.74, 6) is 0. The Labute approximate surface area is 66.9 Å². The zero-order valence-electron chi connectivity index (χ0n) is 6.78. The fraction of sp³-hybridized carbons (Fsp3) is 0.375. The van der Waals surface area contributed by atoms with Gasteiger partial charge in [-0.2, -0.15) is 0 Å². The van der Waals surface area contributed by atoms with Gasteiger partial charge in [-0.1, -0.05) is 6.20 Å². The highest BCUT2D eigenvalue weighted by molar-refractivity contribution is 5.43. The van der Waals surface area contributed by atoms with E-state index in [2.05, 4.69) is 29.6 Å². The highest BCUT2D eigenvalue weighted by Crippen LogP contribution is 2.32. The smallest absolute Gasteiger partial charge is 0.00809 e. The number of hydrogen-bond donors (Lipinski definition) is 0. The average Bonchev–Trinajstić information content (AvgIpc) is 2.32. The van der Waals surface area contributed by atoms with Gasteiger partial charge in [-0.25, -0.2) is 0 Å². The van der Waals surface area contributed by atoms with E-state index in [1.54, 1.807) is 0 Å². The van der Waals surface area contributed by atoms with Crippen LogP contribution in [0.3, 0.4) is 0 Å². The second-order valence-corrected chi connectivity index (χ2v) is 2.91. The number of fused-ring (bicyclic) bond motifs is 1. The van der Waals surface area contributed by atoms with Crippen molar-refractivity contribution < 1.29 is 0 Å². The van der Waals surface area contributed by atoms with Crippen LogP contribution in [-0.4, -0.2) is 30.5 Å². The van der Waals surface area contributed by atoms with E-state index in [4.69, 9.17) is 0 Å². The summed E-state index contributed by atoms with van der Waals surface area (Å²) in [6.45, 7) is 0.972. The molecule has 2 heterocycles. The van der Waals surface area contributed by atoms with Crippen LogP contribution in [0.2, 0.25) is 0 Å². The van der Waals surface area contributed by atoms with Crippen LogP contribution >= 0.6 is 0 Å². The molecule has 0 saturated carbocycles. The Bertz CT molecular complexity index is 219. The van der Waals surface area contributed by atoms with Crippen molar-refractivity contribution in [3.63, 3.8) is 0 Å². The van der Waals surface area contributed by atoms with Crippen LogP contribution in [-0.2, 0) is 0 Å². The van der Waals surface area contributed by atoms with Crippen molar-refractivity contribution >= 4 is 0 Å². The summed E-state index contributed by atoms with van der Waals surface area (Å²) in [5, 5.41) is 1.90. The van der Waals surface area contributed by atoms with E-state index < -0.39 is 0 Å². The molecule has 0 fully saturated rings. The highest BCUT2D eigenvalue weighted by atomic mass is 15.5. The summed E-state index contributed by atoms with van der Waals surface area (Å²) in [7, 11) is 4.03. The van der Waals surface area contributed by atoms with Gasteiger partial charge in [0.2, 0.25) is 0 Å². The minimum absolute atomic E-state index is 0.972. The van der Waals surface area contributed by atoms with E-state index in [1.165, 1.54) is 11.6 Å². The molecule has 0 spiro atoms. The van der Waals surface area contributed by atoms with Crippen molar-refractivity contribution in [2.75, 3.05) is 20.6 Å². The zero-order chi connectivity index (χ0) is 7.84. The lowest BCUT2D eigenvalue weighted by atomic mass is 10.1. The zero-order valence-corrected chi connectivity index (χ0v) is 6.78. The molecule has 0 aromatic carbocycles. The van der Waals surface area contributed by atoms with Crippen LogP contribution in [0.25, 0.3) is 5.43 Å². The molecular formula is C8H11N3-2. The fourth-order valence-corrected chi connectivity index (χ4v) is 1.35. The Kier molecular flexibility index (Phi) is 1.32. The second-order valence-electron chi connectivity index (χ2n) is 2.91. The van der Waals surface area contributed by atoms with Crippen molar-refractivity contribution in [3.8, 4) is 0 Å². The predicted molar refractivity (Wildman–Crippen MR) is 44.2 cm³/mol. The molecule has 0 unspecified atom stereocenters. The third-order valence-electron chi connectivity index (χ3n) is 1.97. The number of hydrogen-bond acceptors (Lipinski definition) is 2. The van der Waals surface area contributed by atoms with Crippen LogP contribution < -0.4 is 0 Å². The van der Waals surface area contributed by atoms with Crippen molar-refractivity contribution in [3.05, 3.63) is 35.5 Å². The van der Waals surface area contributed by atoms with Gasteiger partial charge in [0.15, 0.2) is 0 Å². The van der Waals surface area contributed by atoms with Gasteiger partial charge < -0.3 is 15.3 Å². The normalized spacial score (nSPS) is 23.3. The number of nitrogens with zero attached hydrogens (tertiary/aromatic N) is 3. The van der Waals surface area contributed by atoms with E-state index in [0.717, 1.165) is 6.54 Å². The lowest BCUT2D eigenvalue weighted by Gasteiger charge is -2.41. The van der Waals surface area contributed by atoms with E-state index >= 15 is 0 Å². The van der Waals surface area contributed by atoms with Crippen LogP contribution in [0.4, 0.5) is 0 Å². The molecule has 3 heteroatoms. The largest absolute Gasteiger partial charge is 0.690 e. The minimum Gasteiger partial charge on any atom is -0.690 e. The first kappa shape index (κ1) is 6.61. The van der Waals surface area contributed by atoms with Crippen LogP contribution in [0, 0.1) is 6.04 Å². The molecule has 2 aliphatic rings. The van der Waals surface area contributed by atoms with Crippen LogP contribution in [0.15, 0.2) is 24.0 Å². The van der Waals surface area contributed by atoms with Gasteiger partial charge in [0.25, 0.3) is 0 Å².